The fourth-order valence-corrected chi connectivity index (χ4v) is 2.43. The van der Waals surface area contributed by atoms with E-state index in [4.69, 9.17) is 5.73 Å². The van der Waals surface area contributed by atoms with Gasteiger partial charge >= 0.3 is 6.18 Å². The van der Waals surface area contributed by atoms with Crippen LogP contribution >= 0.6 is 0 Å². The number of rotatable bonds is 4. The Morgan fingerprint density at radius 3 is 2.15 bits per heavy atom. The van der Waals surface area contributed by atoms with Crippen LogP contribution in [-0.4, -0.2) is 32.6 Å². The maximum absolute atomic E-state index is 11.7. The minimum atomic E-state index is -4.66. The number of hydrogen-bond acceptors (Lipinski definition) is 3. The van der Waals surface area contributed by atoms with Gasteiger partial charge in [-0.25, -0.2) is 8.42 Å². The first-order valence-electron chi connectivity index (χ1n) is 3.63. The van der Waals surface area contributed by atoms with E-state index in [0.29, 0.717) is 0 Å². The van der Waals surface area contributed by atoms with Crippen LogP contribution in [0.2, 0.25) is 0 Å². The van der Waals surface area contributed by atoms with Gasteiger partial charge in [-0.3, -0.25) is 0 Å². The van der Waals surface area contributed by atoms with E-state index in [1.54, 1.807) is 0 Å². The van der Waals surface area contributed by atoms with Gasteiger partial charge in [-0.2, -0.15) is 13.2 Å². The van der Waals surface area contributed by atoms with Gasteiger partial charge in [-0.05, 0) is 12.5 Å². The standard InChI is InChI=1S/C6H12F3NO2S/c1-5(2-10)3-13(11,12)4-6(7,8)9/h5H,2-4,10H2,1H3. The smallest absolute Gasteiger partial charge is 0.330 e. The minimum Gasteiger partial charge on any atom is -0.330 e. The molecule has 0 aliphatic rings. The predicted octanol–water partition coefficient (Wildman–Crippen LogP) is 0.558. The Bertz CT molecular complexity index is 247. The molecule has 1 atom stereocenters. The molecule has 0 amide bonds. The Morgan fingerprint density at radius 2 is 1.85 bits per heavy atom. The molecule has 0 aliphatic heterocycles. The van der Waals surface area contributed by atoms with Crippen molar-refractivity contribution in [3.63, 3.8) is 0 Å². The van der Waals surface area contributed by atoms with Crippen molar-refractivity contribution < 1.29 is 21.6 Å². The SMILES string of the molecule is CC(CN)CS(=O)(=O)CC(F)(F)F. The van der Waals surface area contributed by atoms with E-state index < -0.39 is 33.4 Å². The Labute approximate surface area is 75.0 Å². The maximum Gasteiger partial charge on any atom is 0.402 e. The van der Waals surface area contributed by atoms with Crippen LogP contribution in [0.15, 0.2) is 0 Å². The van der Waals surface area contributed by atoms with Gasteiger partial charge in [0.1, 0.15) is 5.75 Å². The number of sulfone groups is 1. The molecule has 1 unspecified atom stereocenters. The Kier molecular flexibility index (Phi) is 4.18. The summed E-state index contributed by atoms with van der Waals surface area (Å²) in [6.07, 6.45) is -4.66. The van der Waals surface area contributed by atoms with Gasteiger partial charge in [0.15, 0.2) is 9.84 Å². The lowest BCUT2D eigenvalue weighted by molar-refractivity contribution is -0.106. The Morgan fingerprint density at radius 1 is 1.38 bits per heavy atom. The Hall–Kier alpha value is -0.300. The van der Waals surface area contributed by atoms with Crippen LogP contribution in [0, 0.1) is 5.92 Å². The monoisotopic (exact) mass is 219 g/mol. The average Bonchev–Trinajstić information content (AvgIpc) is 1.80. The second kappa shape index (κ2) is 4.28. The molecule has 13 heavy (non-hydrogen) atoms. The summed E-state index contributed by atoms with van der Waals surface area (Å²) in [6, 6.07) is 0. The van der Waals surface area contributed by atoms with Crippen LogP contribution in [-0.2, 0) is 9.84 Å². The Balaban J connectivity index is 4.27. The molecule has 0 aliphatic carbocycles. The van der Waals surface area contributed by atoms with Crippen LogP contribution < -0.4 is 5.73 Å². The number of alkyl halides is 3. The zero-order valence-electron chi connectivity index (χ0n) is 7.13. The lowest BCUT2D eigenvalue weighted by Gasteiger charge is -2.10. The zero-order chi connectivity index (χ0) is 10.7. The van der Waals surface area contributed by atoms with Crippen molar-refractivity contribution in [2.24, 2.45) is 11.7 Å². The van der Waals surface area contributed by atoms with Gasteiger partial charge in [0.25, 0.3) is 0 Å². The summed E-state index contributed by atoms with van der Waals surface area (Å²) in [6.45, 7) is 1.56. The van der Waals surface area contributed by atoms with E-state index in [9.17, 15) is 21.6 Å². The lowest BCUT2D eigenvalue weighted by Crippen LogP contribution is -2.29. The average molecular weight is 219 g/mol. The molecule has 0 bridgehead atoms. The van der Waals surface area contributed by atoms with Crippen molar-refractivity contribution in [1.82, 2.24) is 0 Å². The number of hydrogen-bond donors (Lipinski definition) is 1. The molecule has 2 N–H and O–H groups in total. The summed E-state index contributed by atoms with van der Waals surface area (Å²) in [4.78, 5) is 0. The fraction of sp³-hybridized carbons (Fsp3) is 1.00. The lowest BCUT2D eigenvalue weighted by atomic mass is 10.2. The van der Waals surface area contributed by atoms with Crippen molar-refractivity contribution in [2.75, 3.05) is 18.1 Å². The van der Waals surface area contributed by atoms with E-state index in [1.807, 2.05) is 0 Å². The third kappa shape index (κ3) is 6.83. The van der Waals surface area contributed by atoms with E-state index >= 15 is 0 Å². The van der Waals surface area contributed by atoms with Crippen molar-refractivity contribution >= 4 is 9.84 Å². The predicted molar refractivity (Wildman–Crippen MR) is 42.9 cm³/mol. The second-order valence-corrected chi connectivity index (χ2v) is 5.12. The number of halogens is 3. The second-order valence-electron chi connectivity index (χ2n) is 3.01. The van der Waals surface area contributed by atoms with Crippen LogP contribution in [0.1, 0.15) is 6.92 Å². The molecular formula is C6H12F3NO2S. The minimum absolute atomic E-state index is 0.0666. The van der Waals surface area contributed by atoms with Crippen LogP contribution in [0.4, 0.5) is 13.2 Å². The zero-order valence-corrected chi connectivity index (χ0v) is 7.95. The molecule has 0 aromatic heterocycles. The van der Waals surface area contributed by atoms with Gasteiger partial charge in [-0.1, -0.05) is 6.92 Å². The molecule has 0 aromatic carbocycles. The summed E-state index contributed by atoms with van der Waals surface area (Å²) >= 11 is 0. The molecule has 0 fully saturated rings. The highest BCUT2D eigenvalue weighted by Crippen LogP contribution is 2.18. The van der Waals surface area contributed by atoms with E-state index in [0.717, 1.165) is 0 Å². The summed E-state index contributed by atoms with van der Waals surface area (Å²) in [5.74, 6) is -2.71. The van der Waals surface area contributed by atoms with E-state index in [2.05, 4.69) is 0 Å². The highest BCUT2D eigenvalue weighted by atomic mass is 32.2. The fourth-order valence-electron chi connectivity index (χ4n) is 0.810. The molecular weight excluding hydrogens is 207 g/mol. The third-order valence-electron chi connectivity index (χ3n) is 1.32. The molecule has 3 nitrogen and oxygen atoms in total. The summed E-state index contributed by atoms with van der Waals surface area (Å²) in [7, 11) is -4.06. The molecule has 0 aromatic rings. The summed E-state index contributed by atoms with van der Waals surface area (Å²) in [5.41, 5.74) is 5.10. The topological polar surface area (TPSA) is 60.2 Å². The van der Waals surface area contributed by atoms with Crippen LogP contribution in [0.25, 0.3) is 0 Å². The van der Waals surface area contributed by atoms with Crippen molar-refractivity contribution in [3.8, 4) is 0 Å². The van der Waals surface area contributed by atoms with E-state index in [-0.39, 0.29) is 6.54 Å². The quantitative estimate of drug-likeness (QED) is 0.751. The van der Waals surface area contributed by atoms with Gasteiger partial charge < -0.3 is 5.73 Å². The van der Waals surface area contributed by atoms with Crippen LogP contribution in [0.3, 0.4) is 0 Å². The largest absolute Gasteiger partial charge is 0.402 e. The maximum atomic E-state index is 11.7. The molecule has 0 saturated heterocycles. The first-order chi connectivity index (χ1) is 5.66. The van der Waals surface area contributed by atoms with Crippen LogP contribution in [0.5, 0.6) is 0 Å². The van der Waals surface area contributed by atoms with Crippen molar-refractivity contribution in [3.05, 3.63) is 0 Å². The molecule has 7 heteroatoms. The third-order valence-corrected chi connectivity index (χ3v) is 3.17. The molecule has 0 rings (SSSR count). The molecule has 0 saturated carbocycles. The molecule has 0 heterocycles. The normalized spacial score (nSPS) is 15.8. The van der Waals surface area contributed by atoms with Crippen molar-refractivity contribution in [1.29, 1.82) is 0 Å². The first-order valence-corrected chi connectivity index (χ1v) is 5.45. The highest BCUT2D eigenvalue weighted by Gasteiger charge is 2.35. The van der Waals surface area contributed by atoms with Crippen molar-refractivity contribution in [2.45, 2.75) is 13.1 Å². The molecule has 0 radical (unpaired) electrons. The number of nitrogens with two attached hydrogens (primary N) is 1. The molecule has 80 valence electrons. The highest BCUT2D eigenvalue weighted by molar-refractivity contribution is 7.91. The van der Waals surface area contributed by atoms with Gasteiger partial charge in [-0.15, -0.1) is 0 Å². The summed E-state index contributed by atoms with van der Waals surface area (Å²) < 4.78 is 56.8. The molecule has 0 spiro atoms. The van der Waals surface area contributed by atoms with E-state index in [1.165, 1.54) is 6.92 Å². The van der Waals surface area contributed by atoms with Gasteiger partial charge in [0.2, 0.25) is 0 Å². The van der Waals surface area contributed by atoms with Gasteiger partial charge in [0, 0.05) is 0 Å². The summed E-state index contributed by atoms with van der Waals surface area (Å²) in [5, 5.41) is 0. The first kappa shape index (κ1) is 12.7. The van der Waals surface area contributed by atoms with Gasteiger partial charge in [0.05, 0.1) is 5.75 Å².